The number of fused-ring (bicyclic) bond motifs is 6. The molecule has 22 aromatic rings. The smallest absolute Gasteiger partial charge is 0.141 e. The summed E-state index contributed by atoms with van der Waals surface area (Å²) >= 11 is 0. The van der Waals surface area contributed by atoms with Crippen molar-refractivity contribution in [3.8, 4) is 78.4 Å². The second kappa shape index (κ2) is 34.7. The van der Waals surface area contributed by atoms with E-state index in [1.54, 1.807) is 18.5 Å². The Hall–Kier alpha value is -16.8. The van der Waals surface area contributed by atoms with Crippen molar-refractivity contribution in [2.45, 2.75) is 0 Å². The standard InChI is InChI=1S/C42H29N3.C36H24FN3.C35H24N4/c1-3-14-30(15-4-1)38-23-13-24-40(44-38)45(32-16-5-2-6-17-32)33-27-25-31(26-28-33)41-34-18-7-9-20-36(34)42(39-22-11-12-29-43-39)37-21-10-8-19-35(37)41;37-26-19-22-34(39-24-26)40(27-10-2-1-3-11-27)28-20-17-25(18-21-28)35-29-12-4-6-14-31(29)36(33-16-8-9-23-38-33)32-15-7-5-13-30(32)35;1-3-13-29-27(11-1)34(28-12-2-4-14-30(28)35(29)31-15-5-8-22-36-31)25-18-20-26(21-19-25)39(32-16-6-9-23-37-32)33-17-7-10-24-38-33/h1-29H;1-24H;1-24H. The van der Waals surface area contributed by atoms with Crippen LogP contribution in [0.15, 0.2) is 468 Å². The van der Waals surface area contributed by atoms with Crippen molar-refractivity contribution in [3.05, 3.63) is 474 Å². The maximum Gasteiger partial charge on any atom is 0.141 e. The summed E-state index contributed by atoms with van der Waals surface area (Å²) in [5.41, 5.74) is 20.5. The van der Waals surface area contributed by atoms with Gasteiger partial charge in [0.2, 0.25) is 0 Å². The molecule has 0 amide bonds. The van der Waals surface area contributed by atoms with Crippen LogP contribution in [-0.4, -0.2) is 34.9 Å². The van der Waals surface area contributed by atoms with Gasteiger partial charge in [0, 0.05) is 81.7 Å². The Morgan fingerprint density at radius 1 is 0.161 bits per heavy atom. The molecule has 0 fully saturated rings. The first-order valence-electron chi connectivity index (χ1n) is 41.3. The Bertz CT molecular complexity index is 7290. The lowest BCUT2D eigenvalue weighted by Crippen LogP contribution is -2.12. The molecule has 0 radical (unpaired) electrons. The zero-order valence-corrected chi connectivity index (χ0v) is 67.3. The summed E-state index contributed by atoms with van der Waals surface area (Å²) in [5.74, 6) is 2.79. The molecule has 10 nitrogen and oxygen atoms in total. The van der Waals surface area contributed by atoms with E-state index in [1.165, 1.54) is 105 Å². The highest BCUT2D eigenvalue weighted by Gasteiger charge is 2.24. The van der Waals surface area contributed by atoms with Crippen LogP contribution in [-0.2, 0) is 0 Å². The van der Waals surface area contributed by atoms with Crippen LogP contribution in [0.3, 0.4) is 0 Å². The van der Waals surface area contributed by atoms with Gasteiger partial charge in [-0.15, -0.1) is 0 Å². The summed E-state index contributed by atoms with van der Waals surface area (Å²) in [6.45, 7) is 0. The average Bonchev–Trinajstić information content (AvgIpc) is 0.743. The first-order valence-corrected chi connectivity index (χ1v) is 41.3. The van der Waals surface area contributed by atoms with Gasteiger partial charge in [0.05, 0.1) is 29.0 Å². The van der Waals surface area contributed by atoms with Crippen molar-refractivity contribution in [1.82, 2.24) is 34.9 Å². The van der Waals surface area contributed by atoms with Gasteiger partial charge in [-0.2, -0.15) is 0 Å². The molecule has 0 aliphatic rings. The Morgan fingerprint density at radius 2 is 0.419 bits per heavy atom. The lowest BCUT2D eigenvalue weighted by atomic mass is 9.87. The molecule has 0 spiro atoms. The third-order valence-corrected chi connectivity index (χ3v) is 22.6. The van der Waals surface area contributed by atoms with Crippen LogP contribution >= 0.6 is 0 Å². The molecule has 124 heavy (non-hydrogen) atoms. The highest BCUT2D eigenvalue weighted by atomic mass is 19.1. The number of para-hydroxylation sites is 2. The topological polar surface area (TPSA) is 100.0 Å². The van der Waals surface area contributed by atoms with Crippen LogP contribution in [0.1, 0.15) is 0 Å². The maximum atomic E-state index is 13.7. The number of nitrogens with zero attached hydrogens (tertiary/aromatic N) is 10. The molecule has 0 saturated heterocycles. The SMILES string of the molecule is Fc1ccc(N(c2ccccc2)c2ccc(-c3c4ccccc4c(-c4ccccn4)c4ccccc34)cc2)nc1.c1ccc(-c2c3ccccc3c(-c3ccc(N(c4ccccn4)c4ccccn4)cc3)c3ccccc23)nc1.c1ccc(-c2cccc(N(c3ccccc3)c3ccc(-c4c5ccccc5c(-c5ccccn5)c5ccccc45)cc3)n2)cc1. The summed E-state index contributed by atoms with van der Waals surface area (Å²) in [5, 5.41) is 14.3. The van der Waals surface area contributed by atoms with Gasteiger partial charge in [-0.05, 0) is 244 Å². The lowest BCUT2D eigenvalue weighted by molar-refractivity contribution is 0.621. The monoisotopic (exact) mass is 1590 g/mol. The van der Waals surface area contributed by atoms with Crippen LogP contribution in [0.5, 0.6) is 0 Å². The summed E-state index contributed by atoms with van der Waals surface area (Å²) < 4.78 is 13.7. The fourth-order valence-corrected chi connectivity index (χ4v) is 17.2. The minimum atomic E-state index is -0.361. The Morgan fingerprint density at radius 3 is 0.726 bits per heavy atom. The van der Waals surface area contributed by atoms with Gasteiger partial charge in [-0.25, -0.2) is 24.3 Å². The first kappa shape index (κ1) is 76.0. The highest BCUT2D eigenvalue weighted by Crippen LogP contribution is 2.49. The van der Waals surface area contributed by atoms with Gasteiger partial charge in [0.15, 0.2) is 0 Å². The molecule has 22 rings (SSSR count). The number of pyridine rings is 7. The van der Waals surface area contributed by atoms with E-state index < -0.39 is 0 Å². The normalized spacial score (nSPS) is 11.1. The molecular formula is C113H77FN10. The molecule has 7 heterocycles. The lowest BCUT2D eigenvalue weighted by Gasteiger charge is -2.25. The number of rotatable bonds is 16. The molecule has 0 unspecified atom stereocenters. The molecule has 15 aromatic carbocycles. The molecule has 0 atom stereocenters. The molecule has 0 saturated carbocycles. The molecule has 11 heteroatoms. The molecule has 7 aromatic heterocycles. The maximum absolute atomic E-state index is 13.7. The van der Waals surface area contributed by atoms with Gasteiger partial charge in [0.25, 0.3) is 0 Å². The van der Waals surface area contributed by atoms with Gasteiger partial charge in [0.1, 0.15) is 29.1 Å². The minimum absolute atomic E-state index is 0.361. The molecule has 0 aliphatic heterocycles. The first-order chi connectivity index (χ1) is 61.5. The van der Waals surface area contributed by atoms with Crippen LogP contribution in [0.2, 0.25) is 0 Å². The van der Waals surface area contributed by atoms with Crippen molar-refractivity contribution >= 4 is 116 Å². The summed E-state index contributed by atoms with van der Waals surface area (Å²) in [6, 6.07) is 148. The molecule has 586 valence electrons. The number of halogens is 1. The van der Waals surface area contributed by atoms with Crippen molar-refractivity contribution in [3.63, 3.8) is 0 Å². The average molecular weight is 1590 g/mol. The van der Waals surface area contributed by atoms with Gasteiger partial charge in [-0.1, -0.05) is 285 Å². The second-order valence-corrected chi connectivity index (χ2v) is 29.9. The third kappa shape index (κ3) is 15.1. The number of aromatic nitrogens is 7. The van der Waals surface area contributed by atoms with Gasteiger partial charge < -0.3 is 0 Å². The number of hydrogen-bond donors (Lipinski definition) is 0. The predicted octanol–water partition coefficient (Wildman–Crippen LogP) is 30.0. The second-order valence-electron chi connectivity index (χ2n) is 29.9. The van der Waals surface area contributed by atoms with Crippen molar-refractivity contribution in [2.75, 3.05) is 14.7 Å². The largest absolute Gasteiger partial charge is 0.295 e. The highest BCUT2D eigenvalue weighted by molar-refractivity contribution is 6.24. The third-order valence-electron chi connectivity index (χ3n) is 22.6. The number of benzene rings is 15. The van der Waals surface area contributed by atoms with Gasteiger partial charge >= 0.3 is 0 Å². The van der Waals surface area contributed by atoms with Crippen molar-refractivity contribution < 1.29 is 4.39 Å². The molecule has 0 N–H and O–H groups in total. The van der Waals surface area contributed by atoms with E-state index in [1.807, 2.05) is 145 Å². The van der Waals surface area contributed by atoms with E-state index in [9.17, 15) is 4.39 Å². The minimum Gasteiger partial charge on any atom is -0.295 e. The Kier molecular flexibility index (Phi) is 21.2. The van der Waals surface area contributed by atoms with E-state index in [0.717, 1.165) is 96.5 Å². The number of anilines is 9. The fraction of sp³-hybridized carbons (Fsp3) is 0. The van der Waals surface area contributed by atoms with E-state index in [2.05, 4.69) is 322 Å². The summed E-state index contributed by atoms with van der Waals surface area (Å²) in [4.78, 5) is 39.2. The van der Waals surface area contributed by atoms with E-state index in [4.69, 9.17) is 19.9 Å². The van der Waals surface area contributed by atoms with Crippen molar-refractivity contribution in [1.29, 1.82) is 0 Å². The molecule has 0 bridgehead atoms. The zero-order valence-electron chi connectivity index (χ0n) is 67.3. The van der Waals surface area contributed by atoms with E-state index >= 15 is 0 Å². The fourth-order valence-electron chi connectivity index (χ4n) is 17.2. The summed E-state index contributed by atoms with van der Waals surface area (Å²) in [6.07, 6.45) is 10.4. The zero-order chi connectivity index (χ0) is 82.9. The van der Waals surface area contributed by atoms with E-state index in [-0.39, 0.29) is 5.82 Å². The van der Waals surface area contributed by atoms with Crippen molar-refractivity contribution in [2.24, 2.45) is 0 Å². The van der Waals surface area contributed by atoms with E-state index in [0.29, 0.717) is 5.82 Å². The predicted molar refractivity (Wildman–Crippen MR) is 511 cm³/mol. The van der Waals surface area contributed by atoms with Crippen LogP contribution < -0.4 is 14.7 Å². The molecular weight excluding hydrogens is 1520 g/mol. The Labute approximate surface area is 717 Å². The van der Waals surface area contributed by atoms with Crippen LogP contribution in [0.25, 0.3) is 143 Å². The quantitative estimate of drug-likeness (QED) is 0.0870. The Balaban J connectivity index is 0.000000118. The molecule has 0 aliphatic carbocycles. The van der Waals surface area contributed by atoms with Gasteiger partial charge in [-0.3, -0.25) is 29.7 Å². The van der Waals surface area contributed by atoms with Crippen LogP contribution in [0, 0.1) is 5.82 Å². The van der Waals surface area contributed by atoms with Crippen LogP contribution in [0.4, 0.5) is 56.1 Å². The number of hydrogen-bond acceptors (Lipinski definition) is 10. The summed E-state index contributed by atoms with van der Waals surface area (Å²) in [7, 11) is 0.